The molecular weight excluding hydrogens is 203 g/mol. The van der Waals surface area contributed by atoms with E-state index in [4.69, 9.17) is 4.74 Å². The zero-order chi connectivity index (χ0) is 10.8. The number of halogens is 1. The SMILES string of the molecule is O=C1NCC=CCN1[C@@H]1OC[C@@H](O)[C@@H]1F. The predicted octanol–water partition coefficient (Wildman–Crippen LogP) is -0.377. The number of amides is 2. The van der Waals surface area contributed by atoms with Crippen molar-refractivity contribution in [3.8, 4) is 0 Å². The number of aliphatic hydroxyl groups is 1. The van der Waals surface area contributed by atoms with E-state index in [1.165, 1.54) is 4.90 Å². The van der Waals surface area contributed by atoms with Crippen LogP contribution < -0.4 is 5.32 Å². The largest absolute Gasteiger partial charge is 0.387 e. The van der Waals surface area contributed by atoms with Gasteiger partial charge in [-0.2, -0.15) is 0 Å². The molecule has 0 aliphatic carbocycles. The molecule has 3 atom stereocenters. The lowest BCUT2D eigenvalue weighted by atomic mass is 10.2. The van der Waals surface area contributed by atoms with Crippen molar-refractivity contribution in [3.63, 3.8) is 0 Å². The van der Waals surface area contributed by atoms with E-state index < -0.39 is 18.5 Å². The van der Waals surface area contributed by atoms with E-state index >= 15 is 0 Å². The lowest BCUT2D eigenvalue weighted by Crippen LogP contribution is -2.49. The number of nitrogens with one attached hydrogen (secondary N) is 1. The Balaban J connectivity index is 2.08. The molecule has 2 amide bonds. The highest BCUT2D eigenvalue weighted by Crippen LogP contribution is 2.21. The summed E-state index contributed by atoms with van der Waals surface area (Å²) in [4.78, 5) is 12.7. The average Bonchev–Trinajstić information content (AvgIpc) is 2.43. The van der Waals surface area contributed by atoms with Gasteiger partial charge in [-0.05, 0) is 0 Å². The Bertz CT molecular complexity index is 285. The molecule has 0 aromatic heterocycles. The summed E-state index contributed by atoms with van der Waals surface area (Å²) in [7, 11) is 0. The van der Waals surface area contributed by atoms with Crippen molar-refractivity contribution in [1.29, 1.82) is 0 Å². The lowest BCUT2D eigenvalue weighted by Gasteiger charge is -2.27. The molecule has 0 unspecified atom stereocenters. The number of nitrogens with zero attached hydrogens (tertiary/aromatic N) is 1. The molecule has 0 radical (unpaired) electrons. The molecule has 0 spiro atoms. The Morgan fingerprint density at radius 3 is 3.07 bits per heavy atom. The van der Waals surface area contributed by atoms with Crippen molar-refractivity contribution in [2.75, 3.05) is 19.7 Å². The number of urea groups is 1. The summed E-state index contributed by atoms with van der Waals surface area (Å²) in [6.07, 6.45) is -0.116. The number of carbonyl (C=O) groups excluding carboxylic acids is 1. The summed E-state index contributed by atoms with van der Waals surface area (Å²) in [6, 6.07) is -0.373. The Kier molecular flexibility index (Phi) is 2.88. The van der Waals surface area contributed by atoms with E-state index in [0.717, 1.165) is 0 Å². The van der Waals surface area contributed by atoms with Crippen molar-refractivity contribution >= 4 is 6.03 Å². The monoisotopic (exact) mass is 216 g/mol. The fraction of sp³-hybridized carbons (Fsp3) is 0.667. The highest BCUT2D eigenvalue weighted by Gasteiger charge is 2.41. The Morgan fingerprint density at radius 2 is 2.40 bits per heavy atom. The summed E-state index contributed by atoms with van der Waals surface area (Å²) in [5.41, 5.74) is 0. The minimum absolute atomic E-state index is 0.0701. The summed E-state index contributed by atoms with van der Waals surface area (Å²) in [6.45, 7) is 0.657. The number of ether oxygens (including phenoxy) is 1. The molecule has 0 saturated carbocycles. The summed E-state index contributed by atoms with van der Waals surface area (Å²) >= 11 is 0. The molecule has 2 heterocycles. The van der Waals surface area contributed by atoms with Crippen LogP contribution in [0.4, 0.5) is 9.18 Å². The molecule has 15 heavy (non-hydrogen) atoms. The van der Waals surface area contributed by atoms with Crippen LogP contribution in [0.3, 0.4) is 0 Å². The van der Waals surface area contributed by atoms with Crippen LogP contribution in [0, 0.1) is 0 Å². The van der Waals surface area contributed by atoms with E-state index in [2.05, 4.69) is 5.32 Å². The number of carbonyl (C=O) groups is 1. The second-order valence-corrected chi connectivity index (χ2v) is 3.55. The lowest BCUT2D eigenvalue weighted by molar-refractivity contribution is -0.0197. The van der Waals surface area contributed by atoms with Crippen LogP contribution in [0.25, 0.3) is 0 Å². The summed E-state index contributed by atoms with van der Waals surface area (Å²) in [5, 5.41) is 11.8. The first-order valence-corrected chi connectivity index (χ1v) is 4.83. The third kappa shape index (κ3) is 1.95. The number of hydrogen-bond donors (Lipinski definition) is 2. The fourth-order valence-corrected chi connectivity index (χ4v) is 1.65. The maximum atomic E-state index is 13.5. The van der Waals surface area contributed by atoms with Crippen molar-refractivity contribution in [1.82, 2.24) is 10.2 Å². The molecule has 0 bridgehead atoms. The van der Waals surface area contributed by atoms with Gasteiger partial charge in [-0.1, -0.05) is 12.2 Å². The molecular formula is C9H13FN2O3. The van der Waals surface area contributed by atoms with E-state index in [1.807, 2.05) is 0 Å². The third-order valence-electron chi connectivity index (χ3n) is 2.49. The Labute approximate surface area is 86.5 Å². The van der Waals surface area contributed by atoms with Gasteiger partial charge in [0.05, 0.1) is 6.61 Å². The maximum absolute atomic E-state index is 13.5. The van der Waals surface area contributed by atoms with Crippen LogP contribution >= 0.6 is 0 Å². The van der Waals surface area contributed by atoms with Gasteiger partial charge < -0.3 is 15.2 Å². The highest BCUT2D eigenvalue weighted by atomic mass is 19.1. The van der Waals surface area contributed by atoms with Gasteiger partial charge in [-0.15, -0.1) is 0 Å². The van der Waals surface area contributed by atoms with Gasteiger partial charge in [0.1, 0.15) is 6.10 Å². The molecule has 1 fully saturated rings. The number of alkyl halides is 1. The normalized spacial score (nSPS) is 36.5. The number of hydrogen-bond acceptors (Lipinski definition) is 3. The first-order chi connectivity index (χ1) is 7.20. The van der Waals surface area contributed by atoms with Crippen LogP contribution in [-0.2, 0) is 4.74 Å². The third-order valence-corrected chi connectivity index (χ3v) is 2.49. The van der Waals surface area contributed by atoms with Crippen molar-refractivity contribution in [2.24, 2.45) is 0 Å². The van der Waals surface area contributed by atoms with Gasteiger partial charge in [0, 0.05) is 13.1 Å². The average molecular weight is 216 g/mol. The first kappa shape index (κ1) is 10.4. The predicted molar refractivity (Wildman–Crippen MR) is 49.9 cm³/mol. The molecule has 2 aliphatic rings. The molecule has 0 aromatic carbocycles. The quantitative estimate of drug-likeness (QED) is 0.587. The van der Waals surface area contributed by atoms with E-state index in [0.29, 0.717) is 13.1 Å². The Morgan fingerprint density at radius 1 is 1.60 bits per heavy atom. The molecule has 5 nitrogen and oxygen atoms in total. The van der Waals surface area contributed by atoms with Crippen LogP contribution in [0.1, 0.15) is 0 Å². The van der Waals surface area contributed by atoms with Gasteiger partial charge in [0.25, 0.3) is 0 Å². The van der Waals surface area contributed by atoms with Crippen LogP contribution in [0.2, 0.25) is 0 Å². The van der Waals surface area contributed by atoms with Crippen molar-refractivity contribution in [3.05, 3.63) is 12.2 Å². The van der Waals surface area contributed by atoms with E-state index in [-0.39, 0.29) is 12.6 Å². The molecule has 0 aromatic rings. The van der Waals surface area contributed by atoms with Gasteiger partial charge in [-0.3, -0.25) is 4.90 Å². The standard InChI is InChI=1S/C9H13FN2O3/c10-7-6(13)5-15-8(7)12-4-2-1-3-11-9(12)14/h1-2,6-8,13H,3-5H2,(H,11,14)/t6-,7+,8-/m1/s1. The minimum atomic E-state index is -1.54. The maximum Gasteiger partial charge on any atom is 0.320 e. The number of rotatable bonds is 1. The van der Waals surface area contributed by atoms with Gasteiger partial charge in [-0.25, -0.2) is 9.18 Å². The van der Waals surface area contributed by atoms with Crippen molar-refractivity contribution < 1.29 is 19.0 Å². The molecule has 2 aliphatic heterocycles. The van der Waals surface area contributed by atoms with Gasteiger partial charge in [0.15, 0.2) is 12.4 Å². The smallest absolute Gasteiger partial charge is 0.320 e. The Hall–Kier alpha value is -1.14. The van der Waals surface area contributed by atoms with Crippen LogP contribution in [0.15, 0.2) is 12.2 Å². The second kappa shape index (κ2) is 4.16. The molecule has 2 N–H and O–H groups in total. The molecule has 1 saturated heterocycles. The zero-order valence-corrected chi connectivity index (χ0v) is 8.10. The number of aliphatic hydroxyl groups excluding tert-OH is 1. The molecule has 6 heteroatoms. The van der Waals surface area contributed by atoms with E-state index in [1.54, 1.807) is 12.2 Å². The van der Waals surface area contributed by atoms with E-state index in [9.17, 15) is 14.3 Å². The van der Waals surface area contributed by atoms with Crippen LogP contribution in [-0.4, -0.2) is 54.2 Å². The summed E-state index contributed by atoms with van der Waals surface area (Å²) in [5.74, 6) is 0. The molecule has 84 valence electrons. The molecule has 2 rings (SSSR count). The second-order valence-electron chi connectivity index (χ2n) is 3.55. The highest BCUT2D eigenvalue weighted by molar-refractivity contribution is 5.75. The van der Waals surface area contributed by atoms with Crippen LogP contribution in [0.5, 0.6) is 0 Å². The van der Waals surface area contributed by atoms with Gasteiger partial charge >= 0.3 is 6.03 Å². The fourth-order valence-electron chi connectivity index (χ4n) is 1.65. The topological polar surface area (TPSA) is 61.8 Å². The van der Waals surface area contributed by atoms with Gasteiger partial charge in [0.2, 0.25) is 0 Å². The summed E-state index contributed by atoms with van der Waals surface area (Å²) < 4.78 is 18.5. The minimum Gasteiger partial charge on any atom is -0.387 e. The van der Waals surface area contributed by atoms with Crippen molar-refractivity contribution in [2.45, 2.75) is 18.5 Å². The zero-order valence-electron chi connectivity index (χ0n) is 8.10. The first-order valence-electron chi connectivity index (χ1n) is 4.83.